The third-order valence-corrected chi connectivity index (χ3v) is 8.49. The largest absolute Gasteiger partial charge is 0.358 e. The molecule has 0 saturated carbocycles. The van der Waals surface area contributed by atoms with Gasteiger partial charge >= 0.3 is 0 Å². The second-order valence-electron chi connectivity index (χ2n) is 9.13. The van der Waals surface area contributed by atoms with E-state index in [-0.39, 0.29) is 22.3 Å². The molecular formula is C28H32ClN5O4S. The second kappa shape index (κ2) is 11.7. The van der Waals surface area contributed by atoms with Gasteiger partial charge in [-0.1, -0.05) is 37.6 Å². The molecule has 0 saturated heterocycles. The maximum atomic E-state index is 13.4. The van der Waals surface area contributed by atoms with Crippen LogP contribution in [0.2, 0.25) is 5.02 Å². The number of H-pyrrole nitrogens is 1. The van der Waals surface area contributed by atoms with Crippen molar-refractivity contribution in [3.8, 4) is 11.1 Å². The van der Waals surface area contributed by atoms with Gasteiger partial charge in [-0.25, -0.2) is 13.1 Å². The molecule has 2 heterocycles. The maximum absolute atomic E-state index is 13.4. The molecule has 0 radical (unpaired) electrons. The standard InChI is InChI=1S/C28H32ClN5O4S/c1-5-34(6-2)14-13-31-28(36)25-17(3)32-24(26(25)18-7-9-19(29)10-8-18)16-22-21-15-20(39(37,38)30-4)11-12-23(21)33-27(22)35/h7-12,15-16,30,32H,5-6,13-14H2,1-4H3,(H,31,36)(H,33,35)/b22-16-. The van der Waals surface area contributed by atoms with E-state index in [0.717, 1.165) is 25.2 Å². The monoisotopic (exact) mass is 569 g/mol. The van der Waals surface area contributed by atoms with Crippen molar-refractivity contribution in [2.75, 3.05) is 38.5 Å². The smallest absolute Gasteiger partial charge is 0.256 e. The first-order chi connectivity index (χ1) is 18.6. The van der Waals surface area contributed by atoms with Gasteiger partial charge in [0, 0.05) is 46.3 Å². The number of sulfonamides is 1. The molecule has 0 unspecified atom stereocenters. The molecule has 39 heavy (non-hydrogen) atoms. The molecule has 4 N–H and O–H groups in total. The van der Waals surface area contributed by atoms with E-state index in [1.165, 1.54) is 19.2 Å². The Morgan fingerprint density at radius 3 is 2.44 bits per heavy atom. The highest BCUT2D eigenvalue weighted by atomic mass is 35.5. The fourth-order valence-corrected chi connectivity index (χ4v) is 5.54. The van der Waals surface area contributed by atoms with Crippen molar-refractivity contribution < 1.29 is 18.0 Å². The van der Waals surface area contributed by atoms with Crippen LogP contribution in [-0.4, -0.2) is 63.3 Å². The van der Waals surface area contributed by atoms with Crippen LogP contribution in [-0.2, 0) is 14.8 Å². The summed E-state index contributed by atoms with van der Waals surface area (Å²) in [5.41, 5.74) is 4.26. The Morgan fingerprint density at radius 2 is 1.79 bits per heavy atom. The van der Waals surface area contributed by atoms with Crippen LogP contribution in [0.5, 0.6) is 0 Å². The molecule has 206 valence electrons. The van der Waals surface area contributed by atoms with Gasteiger partial charge in [-0.2, -0.15) is 0 Å². The maximum Gasteiger partial charge on any atom is 0.256 e. The average molecular weight is 570 g/mol. The summed E-state index contributed by atoms with van der Waals surface area (Å²) in [4.78, 5) is 32.0. The minimum atomic E-state index is -3.71. The number of nitrogens with zero attached hydrogens (tertiary/aromatic N) is 1. The van der Waals surface area contributed by atoms with Crippen LogP contribution in [0.1, 0.15) is 41.2 Å². The Balaban J connectivity index is 1.81. The molecule has 1 aliphatic heterocycles. The molecule has 11 heteroatoms. The Labute approximate surface area is 233 Å². The molecule has 1 aliphatic rings. The molecule has 0 atom stereocenters. The highest BCUT2D eigenvalue weighted by Crippen LogP contribution is 2.38. The van der Waals surface area contributed by atoms with Crippen molar-refractivity contribution >= 4 is 50.8 Å². The number of amides is 2. The lowest BCUT2D eigenvalue weighted by atomic mass is 9.97. The highest BCUT2D eigenvalue weighted by molar-refractivity contribution is 7.89. The van der Waals surface area contributed by atoms with Gasteiger partial charge < -0.3 is 20.5 Å². The van der Waals surface area contributed by atoms with Crippen LogP contribution >= 0.6 is 11.6 Å². The summed E-state index contributed by atoms with van der Waals surface area (Å²) in [7, 11) is -2.38. The van der Waals surface area contributed by atoms with Crippen molar-refractivity contribution in [1.82, 2.24) is 19.9 Å². The Morgan fingerprint density at radius 1 is 1.10 bits per heavy atom. The SMILES string of the molecule is CCN(CC)CCNC(=O)c1c(C)[nH]c(/C=C2\C(=O)Nc3ccc(S(=O)(=O)NC)cc32)c1-c1ccc(Cl)cc1. The summed E-state index contributed by atoms with van der Waals surface area (Å²) in [6, 6.07) is 11.6. The van der Waals surface area contributed by atoms with E-state index < -0.39 is 10.0 Å². The number of aromatic amines is 1. The zero-order chi connectivity index (χ0) is 28.3. The first-order valence-electron chi connectivity index (χ1n) is 12.7. The highest BCUT2D eigenvalue weighted by Gasteiger charge is 2.28. The quantitative estimate of drug-likeness (QED) is 0.274. The number of hydrogen-bond acceptors (Lipinski definition) is 5. The molecule has 0 bridgehead atoms. The van der Waals surface area contributed by atoms with Crippen LogP contribution in [0.4, 0.5) is 5.69 Å². The number of carbonyl (C=O) groups excluding carboxylic acids is 2. The van der Waals surface area contributed by atoms with Crippen molar-refractivity contribution in [3.63, 3.8) is 0 Å². The van der Waals surface area contributed by atoms with Crippen molar-refractivity contribution in [2.24, 2.45) is 0 Å². The molecule has 2 amide bonds. The number of likely N-dealkylation sites (N-methyl/N-ethyl adjacent to an activating group) is 1. The lowest BCUT2D eigenvalue weighted by molar-refractivity contribution is -0.110. The van der Waals surface area contributed by atoms with Gasteiger partial charge in [-0.3, -0.25) is 9.59 Å². The van der Waals surface area contributed by atoms with Crippen LogP contribution < -0.4 is 15.4 Å². The Bertz CT molecular complexity index is 1540. The topological polar surface area (TPSA) is 123 Å². The fraction of sp³-hybridized carbons (Fsp3) is 0.286. The van der Waals surface area contributed by atoms with Crippen molar-refractivity contribution in [2.45, 2.75) is 25.7 Å². The van der Waals surface area contributed by atoms with Crippen LogP contribution in [0.15, 0.2) is 47.4 Å². The van der Waals surface area contributed by atoms with Crippen LogP contribution in [0.3, 0.4) is 0 Å². The van der Waals surface area contributed by atoms with Gasteiger partial charge in [0.15, 0.2) is 0 Å². The summed E-state index contributed by atoms with van der Waals surface area (Å²) in [6.07, 6.45) is 1.65. The van der Waals surface area contributed by atoms with Gasteiger partial charge in [-0.15, -0.1) is 0 Å². The number of aryl methyl sites for hydroxylation is 1. The molecule has 0 spiro atoms. The third kappa shape index (κ3) is 5.94. The Hall–Kier alpha value is -3.44. The van der Waals surface area contributed by atoms with Gasteiger partial charge in [0.1, 0.15) is 0 Å². The lowest BCUT2D eigenvalue weighted by Crippen LogP contribution is -2.35. The average Bonchev–Trinajstić information content (AvgIpc) is 3.42. The summed E-state index contributed by atoms with van der Waals surface area (Å²) in [5.74, 6) is -0.604. The number of fused-ring (bicyclic) bond motifs is 1. The van der Waals surface area contributed by atoms with E-state index in [1.807, 2.05) is 12.1 Å². The zero-order valence-electron chi connectivity index (χ0n) is 22.3. The molecule has 0 fully saturated rings. The number of aromatic nitrogens is 1. The van der Waals surface area contributed by atoms with Gasteiger partial charge in [0.05, 0.1) is 16.0 Å². The number of anilines is 1. The molecule has 0 aliphatic carbocycles. The number of hydrogen-bond donors (Lipinski definition) is 4. The summed E-state index contributed by atoms with van der Waals surface area (Å²) in [5, 5.41) is 6.36. The zero-order valence-corrected chi connectivity index (χ0v) is 23.9. The Kier molecular flexibility index (Phi) is 8.60. The van der Waals surface area contributed by atoms with E-state index >= 15 is 0 Å². The molecular weight excluding hydrogens is 538 g/mol. The summed E-state index contributed by atoms with van der Waals surface area (Å²) < 4.78 is 27.1. The minimum Gasteiger partial charge on any atom is -0.358 e. The van der Waals surface area contributed by atoms with E-state index in [0.29, 0.717) is 45.3 Å². The first-order valence-corrected chi connectivity index (χ1v) is 14.6. The molecule has 3 aromatic rings. The van der Waals surface area contributed by atoms with E-state index in [2.05, 4.69) is 39.1 Å². The van der Waals surface area contributed by atoms with Gasteiger partial charge in [-0.05, 0) is 69.0 Å². The van der Waals surface area contributed by atoms with E-state index in [4.69, 9.17) is 11.6 Å². The number of carbonyl (C=O) groups is 2. The van der Waals surface area contributed by atoms with Crippen LogP contribution in [0.25, 0.3) is 22.8 Å². The third-order valence-electron chi connectivity index (χ3n) is 6.83. The summed E-state index contributed by atoms with van der Waals surface area (Å²) >= 11 is 6.14. The van der Waals surface area contributed by atoms with Gasteiger partial charge in [0.2, 0.25) is 10.0 Å². The molecule has 4 rings (SSSR count). The van der Waals surface area contributed by atoms with Crippen LogP contribution in [0, 0.1) is 6.92 Å². The number of rotatable bonds is 10. The molecule has 1 aromatic heterocycles. The predicted molar refractivity (Wildman–Crippen MR) is 155 cm³/mol. The number of nitrogens with one attached hydrogen (secondary N) is 4. The van der Waals surface area contributed by atoms with Crippen molar-refractivity contribution in [3.05, 3.63) is 70.0 Å². The second-order valence-corrected chi connectivity index (χ2v) is 11.5. The number of benzene rings is 2. The van der Waals surface area contributed by atoms with Crippen molar-refractivity contribution in [1.29, 1.82) is 0 Å². The predicted octanol–water partition coefficient (Wildman–Crippen LogP) is 4.12. The fourth-order valence-electron chi connectivity index (χ4n) is 4.65. The molecule has 9 nitrogen and oxygen atoms in total. The summed E-state index contributed by atoms with van der Waals surface area (Å²) in [6.45, 7) is 8.96. The van der Waals surface area contributed by atoms with Gasteiger partial charge in [0.25, 0.3) is 11.8 Å². The van der Waals surface area contributed by atoms with E-state index in [9.17, 15) is 18.0 Å². The normalized spacial score (nSPS) is 14.1. The minimum absolute atomic E-state index is 0.0417. The first kappa shape index (κ1) is 28.6. The lowest BCUT2D eigenvalue weighted by Gasteiger charge is -2.18. The number of halogens is 1. The van der Waals surface area contributed by atoms with E-state index in [1.54, 1.807) is 31.2 Å². The molecule has 2 aromatic carbocycles.